The zero-order valence-corrected chi connectivity index (χ0v) is 7.90. The molecule has 0 amide bonds. The Morgan fingerprint density at radius 2 is 2.50 bits per heavy atom. The molecule has 0 fully saturated rings. The number of carbonyl (C=O) groups excluding carboxylic acids is 1. The summed E-state index contributed by atoms with van der Waals surface area (Å²) >= 11 is 0.960. The highest BCUT2D eigenvalue weighted by atomic mass is 32.2. The summed E-state index contributed by atoms with van der Waals surface area (Å²) in [6, 6.07) is 1.24. The lowest BCUT2D eigenvalue weighted by Gasteiger charge is -2.15. The van der Waals surface area contributed by atoms with E-state index in [1.165, 1.54) is 6.07 Å². The van der Waals surface area contributed by atoms with E-state index in [4.69, 9.17) is 5.11 Å². The molecule has 0 saturated heterocycles. The third-order valence-corrected chi connectivity index (χ3v) is 2.67. The molecule has 1 aliphatic heterocycles. The van der Waals surface area contributed by atoms with Crippen LogP contribution in [0, 0.1) is 5.82 Å². The number of nitrogens with one attached hydrogen (secondary N) is 1. The molecule has 0 bridgehead atoms. The molecule has 2 heterocycles. The first-order valence-electron chi connectivity index (χ1n) is 3.95. The quantitative estimate of drug-likeness (QED) is 0.722. The van der Waals surface area contributed by atoms with Crippen molar-refractivity contribution >= 4 is 22.6 Å². The average Bonchev–Trinajstić information content (AvgIpc) is 2.17. The minimum absolute atomic E-state index is 0.0345. The molecule has 0 aromatic carbocycles. The Bertz CT molecular complexity index is 397. The maximum atomic E-state index is 13.1. The van der Waals surface area contributed by atoms with Gasteiger partial charge in [-0.15, -0.1) is 0 Å². The van der Waals surface area contributed by atoms with Gasteiger partial charge in [-0.1, -0.05) is 0 Å². The van der Waals surface area contributed by atoms with Crippen molar-refractivity contribution in [1.29, 1.82) is 0 Å². The predicted octanol–water partition coefficient (Wildman–Crippen LogP) is 0.757. The minimum Gasteiger partial charge on any atom is -0.390 e. The maximum Gasteiger partial charge on any atom is 0.214 e. The molecule has 0 saturated carbocycles. The Labute approximate surface area is 83.5 Å². The molecule has 0 unspecified atom stereocenters. The first kappa shape index (κ1) is 9.42. The summed E-state index contributed by atoms with van der Waals surface area (Å²) in [5.74, 6) is -0.561. The molecule has 74 valence electrons. The van der Waals surface area contributed by atoms with Crippen LogP contribution in [-0.4, -0.2) is 21.8 Å². The number of anilines is 1. The third-order valence-electron chi connectivity index (χ3n) is 1.80. The van der Waals surface area contributed by atoms with Crippen molar-refractivity contribution < 1.29 is 14.3 Å². The van der Waals surface area contributed by atoms with Crippen molar-refractivity contribution in [1.82, 2.24) is 4.98 Å². The lowest BCUT2D eigenvalue weighted by Crippen LogP contribution is -2.17. The van der Waals surface area contributed by atoms with Crippen LogP contribution in [0.1, 0.15) is 5.69 Å². The smallest absolute Gasteiger partial charge is 0.214 e. The molecule has 2 rings (SSSR count). The lowest BCUT2D eigenvalue weighted by atomic mass is 10.3. The van der Waals surface area contributed by atoms with Crippen LogP contribution in [0.2, 0.25) is 0 Å². The highest BCUT2D eigenvalue weighted by Gasteiger charge is 2.19. The van der Waals surface area contributed by atoms with Gasteiger partial charge in [-0.3, -0.25) is 4.79 Å². The van der Waals surface area contributed by atoms with Gasteiger partial charge in [0.1, 0.15) is 16.5 Å². The molecule has 4 nitrogen and oxygen atoms in total. The number of aromatic nitrogens is 1. The summed E-state index contributed by atoms with van der Waals surface area (Å²) < 4.78 is 13.1. The first-order valence-corrected chi connectivity index (χ1v) is 4.77. The van der Waals surface area contributed by atoms with Gasteiger partial charge >= 0.3 is 0 Å². The molecular weight excluding hydrogens is 207 g/mol. The van der Waals surface area contributed by atoms with Gasteiger partial charge in [0.25, 0.3) is 0 Å². The number of hydrogen-bond donors (Lipinski definition) is 2. The van der Waals surface area contributed by atoms with Gasteiger partial charge in [0.15, 0.2) is 0 Å². The van der Waals surface area contributed by atoms with Gasteiger partial charge in [-0.05, 0) is 11.8 Å². The monoisotopic (exact) mass is 214 g/mol. The van der Waals surface area contributed by atoms with E-state index in [1.54, 1.807) is 0 Å². The molecular formula is C8H7FN2O2S. The van der Waals surface area contributed by atoms with Crippen molar-refractivity contribution in [2.75, 3.05) is 11.9 Å². The van der Waals surface area contributed by atoms with Gasteiger partial charge in [-0.25, -0.2) is 9.37 Å². The van der Waals surface area contributed by atoms with Gasteiger partial charge in [0, 0.05) is 6.07 Å². The summed E-state index contributed by atoms with van der Waals surface area (Å²) in [5.41, 5.74) is 0.469. The van der Waals surface area contributed by atoms with Crippen LogP contribution in [0.15, 0.2) is 11.1 Å². The van der Waals surface area contributed by atoms with Crippen LogP contribution in [0.5, 0.6) is 0 Å². The zero-order chi connectivity index (χ0) is 10.1. The maximum absolute atomic E-state index is 13.1. The van der Waals surface area contributed by atoms with Gasteiger partial charge in [0.2, 0.25) is 5.12 Å². The Balaban J connectivity index is 2.46. The number of rotatable bonds is 1. The highest BCUT2D eigenvalue weighted by molar-refractivity contribution is 8.13. The molecule has 1 aromatic rings. The van der Waals surface area contributed by atoms with E-state index in [-0.39, 0.29) is 17.4 Å². The SMILES string of the molecule is O=C1CNc2cc(F)c(CO)nc2S1. The Hall–Kier alpha value is -1.14. The van der Waals surface area contributed by atoms with Crippen molar-refractivity contribution in [3.63, 3.8) is 0 Å². The normalized spacial score (nSPS) is 14.9. The molecule has 0 aliphatic carbocycles. The van der Waals surface area contributed by atoms with Crippen molar-refractivity contribution in [3.05, 3.63) is 17.6 Å². The van der Waals surface area contributed by atoms with Crippen LogP contribution in [0.3, 0.4) is 0 Å². The van der Waals surface area contributed by atoms with Crippen LogP contribution in [0.25, 0.3) is 0 Å². The second-order valence-corrected chi connectivity index (χ2v) is 3.80. The van der Waals surface area contributed by atoms with E-state index in [2.05, 4.69) is 10.3 Å². The van der Waals surface area contributed by atoms with Crippen LogP contribution < -0.4 is 5.32 Å². The number of fused-ring (bicyclic) bond motifs is 1. The van der Waals surface area contributed by atoms with Crippen LogP contribution >= 0.6 is 11.8 Å². The fourth-order valence-electron chi connectivity index (χ4n) is 1.13. The molecule has 14 heavy (non-hydrogen) atoms. The number of thioether (sulfide) groups is 1. The number of aliphatic hydroxyl groups is 1. The summed E-state index contributed by atoms with van der Waals surface area (Å²) in [4.78, 5) is 14.9. The molecule has 0 atom stereocenters. The summed E-state index contributed by atoms with van der Waals surface area (Å²) in [7, 11) is 0. The molecule has 0 spiro atoms. The van der Waals surface area contributed by atoms with E-state index in [9.17, 15) is 9.18 Å². The standard InChI is InChI=1S/C8H7FN2O2S/c9-4-1-5-8(11-6(4)3-12)14-7(13)2-10-5/h1,10,12H,2-3H2. The number of aliphatic hydroxyl groups excluding tert-OH is 1. The van der Waals surface area contributed by atoms with Gasteiger partial charge in [-0.2, -0.15) is 0 Å². The molecule has 1 aromatic heterocycles. The number of nitrogens with zero attached hydrogens (tertiary/aromatic N) is 1. The zero-order valence-electron chi connectivity index (χ0n) is 7.08. The topological polar surface area (TPSA) is 62.2 Å². The Kier molecular flexibility index (Phi) is 2.39. The first-order chi connectivity index (χ1) is 6.70. The second-order valence-electron chi connectivity index (χ2n) is 2.76. The summed E-state index contributed by atoms with van der Waals surface area (Å²) in [6.45, 7) is -0.287. The van der Waals surface area contributed by atoms with Crippen molar-refractivity contribution in [2.24, 2.45) is 0 Å². The van der Waals surface area contributed by atoms with E-state index in [1.807, 2.05) is 0 Å². The molecule has 6 heteroatoms. The third kappa shape index (κ3) is 1.58. The number of carbonyl (C=O) groups is 1. The minimum atomic E-state index is -0.561. The van der Waals surface area contributed by atoms with E-state index in [0.29, 0.717) is 10.7 Å². The van der Waals surface area contributed by atoms with Crippen LogP contribution in [0.4, 0.5) is 10.1 Å². The summed E-state index contributed by atoms with van der Waals surface area (Å²) in [5, 5.41) is 11.9. The number of hydrogen-bond acceptors (Lipinski definition) is 5. The Morgan fingerprint density at radius 1 is 1.71 bits per heavy atom. The van der Waals surface area contributed by atoms with Gasteiger partial charge < -0.3 is 10.4 Å². The number of halogens is 1. The Morgan fingerprint density at radius 3 is 3.21 bits per heavy atom. The molecule has 2 N–H and O–H groups in total. The van der Waals surface area contributed by atoms with E-state index < -0.39 is 12.4 Å². The fraction of sp³-hybridized carbons (Fsp3) is 0.250. The summed E-state index contributed by atoms with van der Waals surface area (Å²) in [6.07, 6.45) is 0. The highest BCUT2D eigenvalue weighted by Crippen LogP contribution is 2.30. The van der Waals surface area contributed by atoms with E-state index >= 15 is 0 Å². The van der Waals surface area contributed by atoms with Crippen LogP contribution in [-0.2, 0) is 11.4 Å². The molecule has 1 aliphatic rings. The van der Waals surface area contributed by atoms with E-state index in [0.717, 1.165) is 11.8 Å². The van der Waals surface area contributed by atoms with Crippen molar-refractivity contribution in [2.45, 2.75) is 11.6 Å². The van der Waals surface area contributed by atoms with Crippen molar-refractivity contribution in [3.8, 4) is 0 Å². The molecule has 0 radical (unpaired) electrons. The predicted molar refractivity (Wildman–Crippen MR) is 49.5 cm³/mol. The fourth-order valence-corrected chi connectivity index (χ4v) is 1.89. The lowest BCUT2D eigenvalue weighted by molar-refractivity contribution is -0.109. The van der Waals surface area contributed by atoms with Gasteiger partial charge in [0.05, 0.1) is 18.8 Å². The number of pyridine rings is 1. The average molecular weight is 214 g/mol. The largest absolute Gasteiger partial charge is 0.390 e. The second kappa shape index (κ2) is 3.55.